The van der Waals surface area contributed by atoms with E-state index in [1.807, 2.05) is 30.3 Å². The van der Waals surface area contributed by atoms with Crippen LogP contribution < -0.4 is 10.6 Å². The van der Waals surface area contributed by atoms with Crippen molar-refractivity contribution in [2.24, 2.45) is 0 Å². The lowest BCUT2D eigenvalue weighted by molar-refractivity contribution is -0.858. The first kappa shape index (κ1) is 27.6. The molecule has 1 amide bonds. The number of amides is 1. The van der Waals surface area contributed by atoms with Crippen molar-refractivity contribution in [1.29, 1.82) is 0 Å². The topological polar surface area (TPSA) is 123 Å². The van der Waals surface area contributed by atoms with Crippen molar-refractivity contribution in [1.82, 2.24) is 9.47 Å². The van der Waals surface area contributed by atoms with Gasteiger partial charge in [-0.25, -0.2) is 18.8 Å². The molecule has 47 heavy (non-hydrogen) atoms. The van der Waals surface area contributed by atoms with E-state index in [1.54, 1.807) is 66.7 Å². The Morgan fingerprint density at radius 1 is 0.787 bits per heavy atom. The number of benzene rings is 4. The quantitative estimate of drug-likeness (QED) is 0.117. The molecule has 3 unspecified atom stereocenters. The number of hydroxylamine groups is 3. The lowest BCUT2D eigenvalue weighted by Crippen LogP contribution is -2.54. The number of esters is 1. The van der Waals surface area contributed by atoms with Crippen molar-refractivity contribution >= 4 is 28.7 Å². The predicted octanol–water partition coefficient (Wildman–Crippen LogP) is 5.07. The molecule has 1 aromatic heterocycles. The molecule has 0 bridgehead atoms. The summed E-state index contributed by atoms with van der Waals surface area (Å²) in [6.45, 7) is 0.0630. The van der Waals surface area contributed by atoms with E-state index in [4.69, 9.17) is 18.9 Å². The fourth-order valence-corrected chi connectivity index (χ4v) is 6.92. The van der Waals surface area contributed by atoms with Gasteiger partial charge in [0, 0.05) is 17.5 Å². The first-order chi connectivity index (χ1) is 22.9. The zero-order valence-corrected chi connectivity index (χ0v) is 24.6. The number of ether oxygens (including phenoxy) is 1. The minimum absolute atomic E-state index is 0.0246. The second-order valence-corrected chi connectivity index (χ2v) is 11.8. The van der Waals surface area contributed by atoms with E-state index in [2.05, 4.69) is 6.20 Å². The Balaban J connectivity index is 1.31. The maximum Gasteiger partial charge on any atom is 0.424 e. The fraction of sp³-hybridized carbons (Fsp3) is 0.139. The summed E-state index contributed by atoms with van der Waals surface area (Å²) >= 11 is 0. The van der Waals surface area contributed by atoms with Gasteiger partial charge in [-0.05, 0) is 41.5 Å². The van der Waals surface area contributed by atoms with Crippen LogP contribution in [0.4, 0.5) is 0 Å². The summed E-state index contributed by atoms with van der Waals surface area (Å²) in [4.78, 5) is 54.1. The average Bonchev–Trinajstić information content (AvgIpc) is 3.72. The molecule has 0 saturated heterocycles. The summed E-state index contributed by atoms with van der Waals surface area (Å²) in [5.74, 6) is -1.43. The van der Waals surface area contributed by atoms with Crippen molar-refractivity contribution in [2.45, 2.75) is 31.7 Å². The average molecular weight is 627 g/mol. The molecule has 231 valence electrons. The highest BCUT2D eigenvalue weighted by atomic mass is 17.2. The van der Waals surface area contributed by atoms with Crippen molar-refractivity contribution in [3.8, 4) is 5.75 Å². The number of hydrogen-bond acceptors (Lipinski definition) is 8. The van der Waals surface area contributed by atoms with Gasteiger partial charge in [0.1, 0.15) is 11.8 Å². The number of para-hydroxylation sites is 3. The van der Waals surface area contributed by atoms with Crippen LogP contribution in [0, 0.1) is 11.4 Å². The highest BCUT2D eigenvalue weighted by Gasteiger charge is 2.54. The predicted molar refractivity (Wildman–Crippen MR) is 165 cm³/mol. The smallest absolute Gasteiger partial charge is 0.424 e. The molecule has 4 aromatic carbocycles. The van der Waals surface area contributed by atoms with E-state index in [0.717, 1.165) is 5.56 Å². The normalized spacial score (nSPS) is 23.3. The Bertz CT molecular complexity index is 2280. The molecule has 0 fully saturated rings. The lowest BCUT2D eigenvalue weighted by atomic mass is 9.98. The van der Waals surface area contributed by atoms with Gasteiger partial charge in [-0.1, -0.05) is 66.7 Å². The fourth-order valence-electron chi connectivity index (χ4n) is 6.92. The lowest BCUT2D eigenvalue weighted by Gasteiger charge is -2.45. The molecule has 11 nitrogen and oxygen atoms in total. The number of quaternary nitrogens is 1. The Kier molecular flexibility index (Phi) is 5.94. The van der Waals surface area contributed by atoms with Crippen molar-refractivity contribution in [3.63, 3.8) is 0 Å². The molecule has 5 aromatic rings. The van der Waals surface area contributed by atoms with Crippen molar-refractivity contribution < 1.29 is 33.2 Å². The van der Waals surface area contributed by atoms with Crippen LogP contribution in [0.5, 0.6) is 5.75 Å². The van der Waals surface area contributed by atoms with Gasteiger partial charge in [-0.2, -0.15) is 4.89 Å². The van der Waals surface area contributed by atoms with Gasteiger partial charge in [-0.3, -0.25) is 9.69 Å². The number of cyclic esters (lactones) is 1. The first-order valence-electron chi connectivity index (χ1n) is 15.1. The second-order valence-electron chi connectivity index (χ2n) is 11.8. The van der Waals surface area contributed by atoms with Gasteiger partial charge in [0.25, 0.3) is 12.1 Å². The molecule has 0 N–H and O–H groups in total. The van der Waals surface area contributed by atoms with Crippen LogP contribution in [0.2, 0.25) is 0 Å². The van der Waals surface area contributed by atoms with E-state index in [-0.39, 0.29) is 42.1 Å². The Morgan fingerprint density at radius 3 is 2.32 bits per heavy atom. The summed E-state index contributed by atoms with van der Waals surface area (Å²) in [5.41, 5.74) is 3.80. The van der Waals surface area contributed by atoms with Crippen LogP contribution in [0.25, 0.3) is 16.8 Å². The van der Waals surface area contributed by atoms with Gasteiger partial charge in [0.15, 0.2) is 11.3 Å². The summed E-state index contributed by atoms with van der Waals surface area (Å²) < 4.78 is 11.2. The Labute approximate surface area is 266 Å². The standard InChI is InChI=1S/C36H24N3O8/c40-34-24-12-4-2-11-23(24)19-37(34)33-32(30-17-22-10-3-7-15-28(22)46-47-30)27(38-26-14-6-8-16-29(26)44-36(38)42)20-39(33,43)31-18-21-9-1-5-13-25(21)35(41)45-31/h1-16,30-31H,17-19H2. The van der Waals surface area contributed by atoms with Gasteiger partial charge in [0.05, 0.1) is 29.6 Å². The van der Waals surface area contributed by atoms with Gasteiger partial charge in [-0.15, -0.1) is 0 Å². The number of hydrogen-bond donors (Lipinski definition) is 0. The summed E-state index contributed by atoms with van der Waals surface area (Å²) in [6, 6.07) is 28.1. The van der Waals surface area contributed by atoms with E-state index >= 15 is 5.21 Å². The first-order valence-corrected chi connectivity index (χ1v) is 15.1. The molecule has 0 aliphatic carbocycles. The summed E-state index contributed by atoms with van der Waals surface area (Å²) in [6.07, 6.45) is 0.905. The van der Waals surface area contributed by atoms with Crippen molar-refractivity contribution in [3.05, 3.63) is 158 Å². The number of aromatic nitrogens is 1. The van der Waals surface area contributed by atoms with Gasteiger partial charge >= 0.3 is 11.7 Å². The molecule has 0 spiro atoms. The third kappa shape index (κ3) is 4.07. The van der Waals surface area contributed by atoms with Crippen LogP contribution in [0.1, 0.15) is 37.4 Å². The highest BCUT2D eigenvalue weighted by molar-refractivity contribution is 6.00. The number of fused-ring (bicyclic) bond motifs is 4. The van der Waals surface area contributed by atoms with Crippen LogP contribution >= 0.6 is 0 Å². The maximum atomic E-state index is 15.7. The van der Waals surface area contributed by atoms with E-state index in [9.17, 15) is 14.4 Å². The number of nitrogens with zero attached hydrogens (tertiary/aromatic N) is 3. The molecule has 4 aliphatic heterocycles. The van der Waals surface area contributed by atoms with E-state index in [1.165, 1.54) is 9.47 Å². The molecule has 0 saturated carbocycles. The Hall–Kier alpha value is -5.75. The minimum atomic E-state index is -1.50. The largest absolute Gasteiger partial charge is 0.618 e. The molecule has 3 atom stereocenters. The maximum absolute atomic E-state index is 15.7. The number of rotatable bonds is 4. The number of carbonyl (C=O) groups excluding carboxylic acids is 2. The monoisotopic (exact) mass is 626 g/mol. The Morgan fingerprint density at radius 2 is 1.49 bits per heavy atom. The van der Waals surface area contributed by atoms with Crippen LogP contribution in [0.15, 0.2) is 118 Å². The summed E-state index contributed by atoms with van der Waals surface area (Å²) in [7, 11) is 0. The van der Waals surface area contributed by atoms with E-state index < -0.39 is 34.6 Å². The molecule has 11 heteroatoms. The zero-order chi connectivity index (χ0) is 31.9. The summed E-state index contributed by atoms with van der Waals surface area (Å²) in [5, 5.41) is 15.7. The van der Waals surface area contributed by atoms with Gasteiger partial charge < -0.3 is 19.2 Å². The third-order valence-corrected chi connectivity index (χ3v) is 9.10. The SMILES string of the molecule is O=C1OC([N+]2([O-])[C]=C(n3c(=O)oc4ccccc43)C(C3Cc4ccccc4OO3)=C2N2Cc3ccccc3C2=O)Cc2ccccc21. The zero-order valence-electron chi connectivity index (χ0n) is 24.6. The van der Waals surface area contributed by atoms with Gasteiger partial charge in [0.2, 0.25) is 12.0 Å². The molecular formula is C36H24N3O8. The second kappa shape index (κ2) is 10.1. The van der Waals surface area contributed by atoms with Crippen molar-refractivity contribution in [2.75, 3.05) is 0 Å². The molecule has 1 radical (unpaired) electrons. The molecular weight excluding hydrogens is 602 g/mol. The minimum Gasteiger partial charge on any atom is -0.618 e. The number of carbonyl (C=O) groups is 2. The van der Waals surface area contributed by atoms with Crippen LogP contribution in [-0.2, 0) is 29.0 Å². The van der Waals surface area contributed by atoms with Crippen LogP contribution in [0.3, 0.4) is 0 Å². The number of oxazole rings is 1. The highest BCUT2D eigenvalue weighted by Crippen LogP contribution is 2.47. The molecule has 4 aliphatic rings. The third-order valence-electron chi connectivity index (χ3n) is 9.10. The molecule has 5 heterocycles. The van der Waals surface area contributed by atoms with E-state index in [0.29, 0.717) is 33.5 Å². The van der Waals surface area contributed by atoms with Crippen LogP contribution in [-0.4, -0.2) is 38.3 Å². The molecule has 9 rings (SSSR count).